The minimum absolute atomic E-state index is 0.653. The first kappa shape index (κ1) is 22.3. The van der Waals surface area contributed by atoms with E-state index in [1.807, 2.05) is 18.2 Å². The second kappa shape index (κ2) is 11.2. The maximum absolute atomic E-state index is 6.18. The summed E-state index contributed by atoms with van der Waals surface area (Å²) < 4.78 is 5.45. The smallest absolute Gasteiger partial charge is 0.173 e. The second-order valence-corrected chi connectivity index (χ2v) is 9.51. The number of anilines is 1. The number of thiocarbonyl (C=S) groups is 1. The fourth-order valence-electron chi connectivity index (χ4n) is 3.59. The lowest BCUT2D eigenvalue weighted by atomic mass is 9.99. The number of likely N-dealkylation sites (tertiary alicyclic amines) is 1. The van der Waals surface area contributed by atoms with Gasteiger partial charge in [-0.05, 0) is 86.7 Å². The van der Waals surface area contributed by atoms with Gasteiger partial charge in [0, 0.05) is 16.4 Å². The maximum Gasteiger partial charge on any atom is 0.173 e. The van der Waals surface area contributed by atoms with Crippen molar-refractivity contribution in [1.82, 2.24) is 9.80 Å². The number of nitrogens with one attached hydrogen (secondary N) is 1. The van der Waals surface area contributed by atoms with Gasteiger partial charge < -0.3 is 19.9 Å². The van der Waals surface area contributed by atoms with E-state index < -0.39 is 0 Å². The predicted octanol–water partition coefficient (Wildman–Crippen LogP) is 5.73. The van der Waals surface area contributed by atoms with Crippen LogP contribution in [0.2, 0.25) is 5.02 Å². The number of methoxy groups -OCH3 is 1. The quantitative estimate of drug-likeness (QED) is 0.517. The van der Waals surface area contributed by atoms with E-state index in [0.717, 1.165) is 43.4 Å². The van der Waals surface area contributed by atoms with Crippen LogP contribution >= 0.6 is 35.2 Å². The molecule has 2 aromatic rings. The third-order valence-corrected chi connectivity index (χ3v) is 6.85. The third-order valence-electron chi connectivity index (χ3n) is 5.40. The van der Waals surface area contributed by atoms with E-state index in [0.29, 0.717) is 10.1 Å². The first-order chi connectivity index (χ1) is 14.0. The van der Waals surface area contributed by atoms with Crippen molar-refractivity contribution >= 4 is 46.0 Å². The van der Waals surface area contributed by atoms with Gasteiger partial charge in [0.25, 0.3) is 0 Å². The number of benzene rings is 1. The molecule has 29 heavy (non-hydrogen) atoms. The average Bonchev–Trinajstić information content (AvgIpc) is 3.22. The first-order valence-corrected chi connectivity index (χ1v) is 11.9. The lowest BCUT2D eigenvalue weighted by Gasteiger charge is -2.31. The van der Waals surface area contributed by atoms with Crippen LogP contribution in [-0.2, 0) is 6.54 Å². The van der Waals surface area contributed by atoms with E-state index in [1.165, 1.54) is 30.8 Å². The summed E-state index contributed by atoms with van der Waals surface area (Å²) in [7, 11) is 1.65. The van der Waals surface area contributed by atoms with Gasteiger partial charge in [-0.25, -0.2) is 0 Å². The molecule has 0 unspecified atom stereocenters. The topological polar surface area (TPSA) is 27.7 Å². The molecule has 1 aliphatic heterocycles. The molecule has 7 heteroatoms. The number of thiophene rings is 1. The maximum atomic E-state index is 6.18. The number of halogens is 1. The Labute approximate surface area is 188 Å². The number of ether oxygens (including phenoxy) is 1. The number of piperidine rings is 1. The minimum atomic E-state index is 0.653. The third kappa shape index (κ3) is 6.85. The van der Waals surface area contributed by atoms with Crippen molar-refractivity contribution in [2.24, 2.45) is 5.92 Å². The van der Waals surface area contributed by atoms with Crippen molar-refractivity contribution in [3.05, 3.63) is 45.6 Å². The molecule has 158 valence electrons. The van der Waals surface area contributed by atoms with Gasteiger partial charge in [-0.3, -0.25) is 0 Å². The molecular weight excluding hydrogens is 422 g/mol. The Kier molecular flexibility index (Phi) is 8.60. The van der Waals surface area contributed by atoms with Gasteiger partial charge in [-0.15, -0.1) is 11.3 Å². The summed E-state index contributed by atoms with van der Waals surface area (Å²) in [6, 6.07) is 9.77. The fourth-order valence-corrected chi connectivity index (χ4v) is 4.74. The molecule has 1 N–H and O–H groups in total. The van der Waals surface area contributed by atoms with Crippen LogP contribution < -0.4 is 10.1 Å². The molecule has 1 saturated heterocycles. The molecule has 4 nitrogen and oxygen atoms in total. The van der Waals surface area contributed by atoms with Crippen LogP contribution in [-0.4, -0.2) is 48.2 Å². The first-order valence-electron chi connectivity index (χ1n) is 10.2. The van der Waals surface area contributed by atoms with Crippen LogP contribution in [0.3, 0.4) is 0 Å². The Morgan fingerprint density at radius 2 is 2.14 bits per heavy atom. The number of rotatable bonds is 8. The highest BCUT2D eigenvalue weighted by molar-refractivity contribution is 7.80. The molecule has 0 amide bonds. The summed E-state index contributed by atoms with van der Waals surface area (Å²) in [6.45, 7) is 7.64. The fraction of sp³-hybridized carbons (Fsp3) is 0.500. The van der Waals surface area contributed by atoms with Gasteiger partial charge in [-0.2, -0.15) is 0 Å². The highest BCUT2D eigenvalue weighted by Crippen LogP contribution is 2.28. The van der Waals surface area contributed by atoms with E-state index in [1.54, 1.807) is 18.4 Å². The number of hydrogen-bond acceptors (Lipinski definition) is 4. The molecule has 2 heterocycles. The molecule has 0 atom stereocenters. The molecule has 0 aliphatic carbocycles. The average molecular weight is 452 g/mol. The summed E-state index contributed by atoms with van der Waals surface area (Å²) in [5.41, 5.74) is 0.797. The van der Waals surface area contributed by atoms with Gasteiger partial charge in [-0.1, -0.05) is 24.6 Å². The zero-order chi connectivity index (χ0) is 20.6. The van der Waals surface area contributed by atoms with Crippen molar-refractivity contribution in [2.75, 3.05) is 38.6 Å². The Morgan fingerprint density at radius 3 is 2.83 bits per heavy atom. The lowest BCUT2D eigenvalue weighted by Crippen LogP contribution is -2.38. The highest BCUT2D eigenvalue weighted by atomic mass is 35.5. The molecule has 1 aromatic carbocycles. The molecule has 1 aliphatic rings. The largest absolute Gasteiger partial charge is 0.495 e. The molecule has 0 saturated carbocycles. The summed E-state index contributed by atoms with van der Waals surface area (Å²) in [5.74, 6) is 1.60. The molecular formula is C22H30ClN3OS2. The number of hydrogen-bond donors (Lipinski definition) is 1. The van der Waals surface area contributed by atoms with E-state index in [2.05, 4.69) is 39.6 Å². The summed E-state index contributed by atoms with van der Waals surface area (Å²) in [5, 5.41) is 6.81. The molecule has 0 bridgehead atoms. The molecule has 0 radical (unpaired) electrons. The Hall–Kier alpha value is -1.34. The van der Waals surface area contributed by atoms with Gasteiger partial charge in [0.1, 0.15) is 5.75 Å². The van der Waals surface area contributed by atoms with Crippen LogP contribution in [0.5, 0.6) is 5.75 Å². The lowest BCUT2D eigenvalue weighted by molar-refractivity contribution is 0.186. The van der Waals surface area contributed by atoms with E-state index in [-0.39, 0.29) is 0 Å². The zero-order valence-corrected chi connectivity index (χ0v) is 19.6. The second-order valence-electron chi connectivity index (χ2n) is 7.65. The Bertz CT molecular complexity index is 776. The standard InChI is InChI=1S/C22H30ClN3OS2/c1-17-8-12-25(13-9-17)10-4-11-26(16-19-5-3-14-29-19)22(28)24-20-15-18(23)6-7-21(20)27-2/h3,5-7,14-15,17H,4,8-13,16H2,1-2H3,(H,24,28). The molecule has 0 spiro atoms. The van der Waals surface area contributed by atoms with Crippen molar-refractivity contribution in [1.29, 1.82) is 0 Å². The Morgan fingerprint density at radius 1 is 1.34 bits per heavy atom. The van der Waals surface area contributed by atoms with Crippen LogP contribution in [0.1, 0.15) is 31.1 Å². The van der Waals surface area contributed by atoms with Gasteiger partial charge >= 0.3 is 0 Å². The summed E-state index contributed by atoms with van der Waals surface area (Å²) in [6.07, 6.45) is 3.72. The Balaban J connectivity index is 1.61. The molecule has 1 fully saturated rings. The van der Waals surface area contributed by atoms with Crippen molar-refractivity contribution in [3.8, 4) is 5.75 Å². The summed E-state index contributed by atoms with van der Waals surface area (Å²) >= 11 is 13.7. The van der Waals surface area contributed by atoms with Crippen molar-refractivity contribution in [3.63, 3.8) is 0 Å². The molecule has 3 rings (SSSR count). The molecule has 1 aromatic heterocycles. The van der Waals surface area contributed by atoms with E-state index in [9.17, 15) is 0 Å². The van der Waals surface area contributed by atoms with E-state index in [4.69, 9.17) is 28.6 Å². The summed E-state index contributed by atoms with van der Waals surface area (Å²) in [4.78, 5) is 6.13. The number of nitrogens with zero attached hydrogens (tertiary/aromatic N) is 2. The normalized spacial score (nSPS) is 15.3. The van der Waals surface area contributed by atoms with Crippen LogP contribution in [0, 0.1) is 5.92 Å². The van der Waals surface area contributed by atoms with Crippen LogP contribution in [0.25, 0.3) is 0 Å². The highest BCUT2D eigenvalue weighted by Gasteiger charge is 2.17. The SMILES string of the molecule is COc1ccc(Cl)cc1NC(=S)N(CCCN1CCC(C)CC1)Cc1cccs1. The minimum Gasteiger partial charge on any atom is -0.495 e. The monoisotopic (exact) mass is 451 g/mol. The van der Waals surface area contributed by atoms with Crippen LogP contribution in [0.15, 0.2) is 35.7 Å². The zero-order valence-electron chi connectivity index (χ0n) is 17.2. The van der Waals surface area contributed by atoms with Crippen molar-refractivity contribution < 1.29 is 4.74 Å². The van der Waals surface area contributed by atoms with E-state index >= 15 is 0 Å². The van der Waals surface area contributed by atoms with Crippen molar-refractivity contribution in [2.45, 2.75) is 32.7 Å². The predicted molar refractivity (Wildman–Crippen MR) is 128 cm³/mol. The van der Waals surface area contributed by atoms with Gasteiger partial charge in [0.2, 0.25) is 0 Å². The van der Waals surface area contributed by atoms with Gasteiger partial charge in [0.15, 0.2) is 5.11 Å². The van der Waals surface area contributed by atoms with Crippen LogP contribution in [0.4, 0.5) is 5.69 Å². The van der Waals surface area contributed by atoms with Gasteiger partial charge in [0.05, 0.1) is 19.3 Å².